The molecule has 0 radical (unpaired) electrons. The van der Waals surface area contributed by atoms with Gasteiger partial charge < -0.3 is 14.8 Å². The molecule has 0 spiro atoms. The number of anilines is 2. The van der Waals surface area contributed by atoms with Crippen molar-refractivity contribution in [2.24, 2.45) is 0 Å². The second-order valence-electron chi connectivity index (χ2n) is 7.48. The van der Waals surface area contributed by atoms with Crippen molar-refractivity contribution in [1.82, 2.24) is 4.31 Å². The molecule has 0 saturated carbocycles. The third kappa shape index (κ3) is 5.82. The Kier molecular flexibility index (Phi) is 7.62. The predicted octanol–water partition coefficient (Wildman–Crippen LogP) is 1.43. The summed E-state index contributed by atoms with van der Waals surface area (Å²) < 4.78 is 63.5. The van der Waals surface area contributed by atoms with Gasteiger partial charge in [0.05, 0.1) is 42.8 Å². The summed E-state index contributed by atoms with van der Waals surface area (Å²) in [7, 11) is -6.18. The molecule has 0 atom stereocenters. The highest BCUT2D eigenvalue weighted by Gasteiger charge is 2.28. The monoisotopic (exact) mass is 497 g/mol. The van der Waals surface area contributed by atoms with Gasteiger partial charge in [0.25, 0.3) is 0 Å². The van der Waals surface area contributed by atoms with Crippen LogP contribution in [0.3, 0.4) is 0 Å². The van der Waals surface area contributed by atoms with Crippen molar-refractivity contribution in [3.05, 3.63) is 48.0 Å². The van der Waals surface area contributed by atoms with Gasteiger partial charge in [0.15, 0.2) is 0 Å². The number of para-hydroxylation sites is 1. The normalized spacial score (nSPS) is 15.1. The Hall–Kier alpha value is -2.67. The molecule has 2 aromatic rings. The van der Waals surface area contributed by atoms with Crippen LogP contribution in [-0.2, 0) is 29.6 Å². The fraction of sp³-hybridized carbons (Fsp3) is 0.381. The van der Waals surface area contributed by atoms with E-state index in [0.29, 0.717) is 24.5 Å². The molecule has 12 heteroatoms. The zero-order chi connectivity index (χ0) is 24.2. The van der Waals surface area contributed by atoms with Gasteiger partial charge in [-0.15, -0.1) is 0 Å². The van der Waals surface area contributed by atoms with E-state index in [0.717, 1.165) is 10.6 Å². The molecule has 1 aliphatic heterocycles. The number of nitrogens with zero attached hydrogens (tertiary/aromatic N) is 2. The number of nitrogens with one attached hydrogen (secondary N) is 1. The number of ether oxygens (including phenoxy) is 2. The number of benzene rings is 2. The molecule has 0 aliphatic carbocycles. The van der Waals surface area contributed by atoms with Crippen molar-refractivity contribution in [1.29, 1.82) is 0 Å². The Morgan fingerprint density at radius 3 is 2.39 bits per heavy atom. The van der Waals surface area contributed by atoms with Gasteiger partial charge in [-0.05, 0) is 36.8 Å². The Labute approximate surface area is 194 Å². The van der Waals surface area contributed by atoms with Gasteiger partial charge in [-0.2, -0.15) is 4.31 Å². The van der Waals surface area contributed by atoms with Crippen LogP contribution in [0.15, 0.2) is 47.4 Å². The molecular weight excluding hydrogens is 470 g/mol. The Balaban J connectivity index is 1.88. The number of rotatable bonds is 8. The molecule has 0 unspecified atom stereocenters. The lowest BCUT2D eigenvalue weighted by molar-refractivity contribution is -0.114. The largest absolute Gasteiger partial charge is 0.495 e. The minimum atomic E-state index is -3.80. The molecule has 180 valence electrons. The van der Waals surface area contributed by atoms with Gasteiger partial charge in [0.1, 0.15) is 12.3 Å². The number of sulfonamides is 2. The van der Waals surface area contributed by atoms with Gasteiger partial charge in [-0.25, -0.2) is 16.8 Å². The van der Waals surface area contributed by atoms with Crippen molar-refractivity contribution in [2.45, 2.75) is 11.8 Å². The summed E-state index contributed by atoms with van der Waals surface area (Å²) in [5, 5.41) is 2.59. The summed E-state index contributed by atoms with van der Waals surface area (Å²) >= 11 is 0. The van der Waals surface area contributed by atoms with Crippen molar-refractivity contribution in [3.63, 3.8) is 0 Å². The summed E-state index contributed by atoms with van der Waals surface area (Å²) in [6.07, 6.45) is 1.02. The molecule has 1 fully saturated rings. The molecule has 1 saturated heterocycles. The number of aryl methyl sites for hydroxylation is 1. The van der Waals surface area contributed by atoms with Gasteiger partial charge in [-0.3, -0.25) is 9.10 Å². The molecule has 0 aromatic heterocycles. The first kappa shape index (κ1) is 25.0. The standard InChI is InChI=1S/C21H27N3O7S2/c1-16-6-4-5-7-19(16)24(32(3,26)27)15-21(25)22-18-14-17(8-9-20(18)30-2)33(28,29)23-10-12-31-13-11-23/h4-9,14H,10-13,15H2,1-3H3,(H,22,25). The smallest absolute Gasteiger partial charge is 0.245 e. The number of morpholine rings is 1. The maximum atomic E-state index is 13.0. The molecular formula is C21H27N3O7S2. The van der Waals surface area contributed by atoms with Crippen LogP contribution in [0.4, 0.5) is 11.4 Å². The summed E-state index contributed by atoms with van der Waals surface area (Å²) in [4.78, 5) is 12.8. The molecule has 1 aliphatic rings. The van der Waals surface area contributed by atoms with Crippen molar-refractivity contribution >= 4 is 37.3 Å². The molecule has 3 rings (SSSR count). The van der Waals surface area contributed by atoms with E-state index in [1.165, 1.54) is 29.6 Å². The van der Waals surface area contributed by atoms with Crippen LogP contribution >= 0.6 is 0 Å². The highest BCUT2D eigenvalue weighted by atomic mass is 32.2. The van der Waals surface area contributed by atoms with Crippen LogP contribution < -0.4 is 14.4 Å². The van der Waals surface area contributed by atoms with Crippen molar-refractivity contribution in [3.8, 4) is 5.75 Å². The second-order valence-corrected chi connectivity index (χ2v) is 11.3. The Morgan fingerprint density at radius 1 is 1.12 bits per heavy atom. The van der Waals surface area contributed by atoms with Crippen LogP contribution in [0.1, 0.15) is 5.56 Å². The van der Waals surface area contributed by atoms with Gasteiger partial charge in [-0.1, -0.05) is 18.2 Å². The minimum absolute atomic E-state index is 0.0145. The summed E-state index contributed by atoms with van der Waals surface area (Å²) in [5.41, 5.74) is 1.19. The van der Waals surface area contributed by atoms with Gasteiger partial charge in [0, 0.05) is 13.1 Å². The first-order chi connectivity index (χ1) is 15.5. The number of hydrogen-bond donors (Lipinski definition) is 1. The molecule has 1 amide bonds. The third-order valence-corrected chi connectivity index (χ3v) is 8.15. The van der Waals surface area contributed by atoms with Crippen LogP contribution in [0.5, 0.6) is 5.75 Å². The van der Waals surface area contributed by atoms with Crippen LogP contribution in [0.25, 0.3) is 0 Å². The lowest BCUT2D eigenvalue weighted by atomic mass is 10.2. The number of carbonyl (C=O) groups is 1. The summed E-state index contributed by atoms with van der Waals surface area (Å²) in [5.74, 6) is -0.408. The summed E-state index contributed by atoms with van der Waals surface area (Å²) in [6, 6.07) is 11.0. The molecule has 1 N–H and O–H groups in total. The first-order valence-corrected chi connectivity index (χ1v) is 13.4. The highest BCUT2D eigenvalue weighted by Crippen LogP contribution is 2.30. The van der Waals surface area contributed by atoms with Crippen LogP contribution in [0.2, 0.25) is 0 Å². The zero-order valence-corrected chi connectivity index (χ0v) is 20.3. The van der Waals surface area contributed by atoms with Gasteiger partial charge in [0.2, 0.25) is 26.0 Å². The van der Waals surface area contributed by atoms with E-state index in [-0.39, 0.29) is 29.4 Å². The fourth-order valence-electron chi connectivity index (χ4n) is 3.43. The molecule has 2 aromatic carbocycles. The highest BCUT2D eigenvalue weighted by molar-refractivity contribution is 7.92. The SMILES string of the molecule is COc1ccc(S(=O)(=O)N2CCOCC2)cc1NC(=O)CN(c1ccccc1C)S(C)(=O)=O. The zero-order valence-electron chi connectivity index (χ0n) is 18.6. The van der Waals surface area contributed by atoms with E-state index in [2.05, 4.69) is 5.32 Å². The fourth-order valence-corrected chi connectivity index (χ4v) is 5.77. The third-order valence-electron chi connectivity index (χ3n) is 5.12. The van der Waals surface area contributed by atoms with Crippen molar-refractivity contribution in [2.75, 3.05) is 55.8 Å². The van der Waals surface area contributed by atoms with E-state index in [1.807, 2.05) is 0 Å². The number of hydrogen-bond acceptors (Lipinski definition) is 7. The van der Waals surface area contributed by atoms with Crippen LogP contribution in [0, 0.1) is 6.92 Å². The van der Waals surface area contributed by atoms with Crippen LogP contribution in [-0.4, -0.2) is 73.3 Å². The molecule has 10 nitrogen and oxygen atoms in total. The quantitative estimate of drug-likeness (QED) is 0.585. The summed E-state index contributed by atoms with van der Waals surface area (Å²) in [6.45, 7) is 2.33. The van der Waals surface area contributed by atoms with Crippen molar-refractivity contribution < 1.29 is 31.1 Å². The topological polar surface area (TPSA) is 122 Å². The number of amides is 1. The maximum absolute atomic E-state index is 13.0. The second kappa shape index (κ2) is 10.1. The Morgan fingerprint density at radius 2 is 1.79 bits per heavy atom. The number of carbonyl (C=O) groups excluding carboxylic acids is 1. The lowest BCUT2D eigenvalue weighted by Crippen LogP contribution is -2.40. The van der Waals surface area contributed by atoms with E-state index >= 15 is 0 Å². The van der Waals surface area contributed by atoms with E-state index in [1.54, 1.807) is 31.2 Å². The average Bonchev–Trinajstić information content (AvgIpc) is 2.78. The van der Waals surface area contributed by atoms with E-state index in [4.69, 9.17) is 9.47 Å². The first-order valence-electron chi connectivity index (χ1n) is 10.1. The van der Waals surface area contributed by atoms with E-state index < -0.39 is 32.5 Å². The van der Waals surface area contributed by atoms with E-state index in [9.17, 15) is 21.6 Å². The van der Waals surface area contributed by atoms with Gasteiger partial charge >= 0.3 is 0 Å². The molecule has 0 bridgehead atoms. The molecule has 1 heterocycles. The Bertz CT molecular complexity index is 1220. The molecule has 33 heavy (non-hydrogen) atoms. The predicted molar refractivity (Wildman–Crippen MR) is 125 cm³/mol. The average molecular weight is 498 g/mol. The maximum Gasteiger partial charge on any atom is 0.245 e. The minimum Gasteiger partial charge on any atom is -0.495 e. The lowest BCUT2D eigenvalue weighted by Gasteiger charge is -2.26. The number of methoxy groups -OCH3 is 1.